The van der Waals surface area contributed by atoms with E-state index >= 15 is 0 Å². The van der Waals surface area contributed by atoms with Crippen LogP contribution in [0.25, 0.3) is 0 Å². The molecule has 0 aromatic carbocycles. The van der Waals surface area contributed by atoms with Gasteiger partial charge in [0, 0.05) is 19.3 Å². The second-order valence-corrected chi connectivity index (χ2v) is 4.59. The summed E-state index contributed by atoms with van der Waals surface area (Å²) in [5, 5.41) is 12.3. The van der Waals surface area contributed by atoms with Crippen LogP contribution in [0.1, 0.15) is 26.2 Å². The van der Waals surface area contributed by atoms with Crippen LogP contribution in [0.3, 0.4) is 0 Å². The van der Waals surface area contributed by atoms with Crippen LogP contribution in [-0.2, 0) is 7.05 Å². The number of rotatable bonds is 8. The number of thioether (sulfide) groups is 1. The van der Waals surface area contributed by atoms with E-state index in [0.29, 0.717) is 0 Å². The van der Waals surface area contributed by atoms with Gasteiger partial charge in [-0.1, -0.05) is 31.5 Å². The van der Waals surface area contributed by atoms with E-state index in [1.807, 2.05) is 11.6 Å². The van der Waals surface area contributed by atoms with Gasteiger partial charge >= 0.3 is 0 Å². The SMILES string of the molecule is CCCCCNCCSc1nncn1C. The molecule has 0 saturated carbocycles. The Labute approximate surface area is 95.9 Å². The molecular weight excluding hydrogens is 208 g/mol. The predicted molar refractivity (Wildman–Crippen MR) is 64.1 cm³/mol. The topological polar surface area (TPSA) is 42.7 Å². The van der Waals surface area contributed by atoms with Gasteiger partial charge < -0.3 is 9.88 Å². The highest BCUT2D eigenvalue weighted by Crippen LogP contribution is 2.11. The van der Waals surface area contributed by atoms with E-state index in [2.05, 4.69) is 22.4 Å². The highest BCUT2D eigenvalue weighted by Gasteiger charge is 1.99. The molecule has 0 fully saturated rings. The van der Waals surface area contributed by atoms with Gasteiger partial charge in [0.25, 0.3) is 0 Å². The Morgan fingerprint density at radius 2 is 2.27 bits per heavy atom. The average Bonchev–Trinajstić information content (AvgIpc) is 2.63. The highest BCUT2D eigenvalue weighted by atomic mass is 32.2. The lowest BCUT2D eigenvalue weighted by molar-refractivity contribution is 0.635. The number of nitrogens with zero attached hydrogens (tertiary/aromatic N) is 3. The highest BCUT2D eigenvalue weighted by molar-refractivity contribution is 7.99. The molecule has 1 aromatic heterocycles. The van der Waals surface area contributed by atoms with Gasteiger partial charge in [0.05, 0.1) is 0 Å². The van der Waals surface area contributed by atoms with E-state index < -0.39 is 0 Å². The van der Waals surface area contributed by atoms with E-state index in [1.54, 1.807) is 18.1 Å². The minimum atomic E-state index is 0.991. The van der Waals surface area contributed by atoms with Crippen molar-refractivity contribution >= 4 is 11.8 Å². The molecule has 0 unspecified atom stereocenters. The van der Waals surface area contributed by atoms with E-state index in [-0.39, 0.29) is 0 Å². The van der Waals surface area contributed by atoms with Crippen molar-refractivity contribution in [3.63, 3.8) is 0 Å². The van der Waals surface area contributed by atoms with E-state index in [9.17, 15) is 0 Å². The van der Waals surface area contributed by atoms with Gasteiger partial charge in [-0.3, -0.25) is 0 Å². The van der Waals surface area contributed by atoms with Crippen molar-refractivity contribution in [3.05, 3.63) is 6.33 Å². The Hall–Kier alpha value is -0.550. The van der Waals surface area contributed by atoms with Crippen molar-refractivity contribution in [2.24, 2.45) is 7.05 Å². The molecule has 1 heterocycles. The van der Waals surface area contributed by atoms with Gasteiger partial charge in [-0.25, -0.2) is 0 Å². The number of hydrogen-bond donors (Lipinski definition) is 1. The molecule has 0 amide bonds. The largest absolute Gasteiger partial charge is 0.316 e. The molecule has 0 bridgehead atoms. The molecule has 86 valence electrons. The number of aromatic nitrogens is 3. The third-order valence-electron chi connectivity index (χ3n) is 2.14. The number of unbranched alkanes of at least 4 members (excludes halogenated alkanes) is 2. The Bertz CT molecular complexity index is 262. The van der Waals surface area contributed by atoms with E-state index in [0.717, 1.165) is 24.0 Å². The van der Waals surface area contributed by atoms with Crippen LogP contribution in [0.2, 0.25) is 0 Å². The molecule has 0 aliphatic heterocycles. The summed E-state index contributed by atoms with van der Waals surface area (Å²) in [7, 11) is 1.97. The van der Waals surface area contributed by atoms with Crippen LogP contribution in [0.4, 0.5) is 0 Å². The molecule has 5 heteroatoms. The van der Waals surface area contributed by atoms with Crippen LogP contribution in [0.15, 0.2) is 11.5 Å². The first-order chi connectivity index (χ1) is 7.34. The summed E-state index contributed by atoms with van der Waals surface area (Å²) in [6, 6.07) is 0. The van der Waals surface area contributed by atoms with Crippen LogP contribution < -0.4 is 5.32 Å². The van der Waals surface area contributed by atoms with Gasteiger partial charge in [-0.2, -0.15) is 0 Å². The second-order valence-electron chi connectivity index (χ2n) is 3.53. The molecule has 1 rings (SSSR count). The lowest BCUT2D eigenvalue weighted by Gasteiger charge is -2.03. The van der Waals surface area contributed by atoms with Crippen molar-refractivity contribution in [1.29, 1.82) is 0 Å². The first kappa shape index (κ1) is 12.5. The van der Waals surface area contributed by atoms with Crippen molar-refractivity contribution in [1.82, 2.24) is 20.1 Å². The molecule has 0 spiro atoms. The molecule has 0 radical (unpaired) electrons. The molecule has 1 aromatic rings. The Balaban J connectivity index is 1.96. The lowest BCUT2D eigenvalue weighted by Crippen LogP contribution is -2.18. The van der Waals surface area contributed by atoms with Crippen molar-refractivity contribution < 1.29 is 0 Å². The zero-order chi connectivity index (χ0) is 10.9. The fourth-order valence-electron chi connectivity index (χ4n) is 1.24. The molecular formula is C10H20N4S. The zero-order valence-corrected chi connectivity index (χ0v) is 10.4. The first-order valence-electron chi connectivity index (χ1n) is 5.52. The van der Waals surface area contributed by atoms with Crippen LogP contribution in [0, 0.1) is 0 Å². The zero-order valence-electron chi connectivity index (χ0n) is 9.57. The average molecular weight is 228 g/mol. The van der Waals surface area contributed by atoms with Crippen molar-refractivity contribution in [3.8, 4) is 0 Å². The third-order valence-corrected chi connectivity index (χ3v) is 3.17. The molecule has 15 heavy (non-hydrogen) atoms. The van der Waals surface area contributed by atoms with Crippen molar-refractivity contribution in [2.75, 3.05) is 18.8 Å². The summed E-state index contributed by atoms with van der Waals surface area (Å²) in [6.07, 6.45) is 5.63. The molecule has 4 nitrogen and oxygen atoms in total. The lowest BCUT2D eigenvalue weighted by atomic mass is 10.2. The maximum Gasteiger partial charge on any atom is 0.190 e. The van der Waals surface area contributed by atoms with E-state index in [4.69, 9.17) is 0 Å². The summed E-state index contributed by atoms with van der Waals surface area (Å²) >= 11 is 1.74. The molecule has 0 aliphatic rings. The number of nitrogens with one attached hydrogen (secondary N) is 1. The first-order valence-corrected chi connectivity index (χ1v) is 6.50. The molecule has 1 N–H and O–H groups in total. The number of hydrogen-bond acceptors (Lipinski definition) is 4. The molecule has 0 saturated heterocycles. The predicted octanol–water partition coefficient (Wildman–Crippen LogP) is 1.69. The quantitative estimate of drug-likeness (QED) is 0.543. The summed E-state index contributed by atoms with van der Waals surface area (Å²) in [5.41, 5.74) is 0. The summed E-state index contributed by atoms with van der Waals surface area (Å²) in [4.78, 5) is 0. The van der Waals surface area contributed by atoms with Crippen LogP contribution in [0.5, 0.6) is 0 Å². The second kappa shape index (κ2) is 7.70. The fourth-order valence-corrected chi connectivity index (χ4v) is 2.03. The van der Waals surface area contributed by atoms with Gasteiger partial charge in [0.15, 0.2) is 5.16 Å². The Morgan fingerprint density at radius 3 is 2.93 bits per heavy atom. The smallest absolute Gasteiger partial charge is 0.190 e. The van der Waals surface area contributed by atoms with Crippen molar-refractivity contribution in [2.45, 2.75) is 31.3 Å². The minimum absolute atomic E-state index is 0.991. The summed E-state index contributed by atoms with van der Waals surface area (Å²) in [5.74, 6) is 1.05. The van der Waals surface area contributed by atoms with Gasteiger partial charge in [0.1, 0.15) is 6.33 Å². The Kier molecular flexibility index (Phi) is 6.43. The van der Waals surface area contributed by atoms with Gasteiger partial charge in [-0.05, 0) is 13.0 Å². The molecule has 0 atom stereocenters. The van der Waals surface area contributed by atoms with E-state index in [1.165, 1.54) is 19.3 Å². The third kappa shape index (κ3) is 5.18. The minimum Gasteiger partial charge on any atom is -0.316 e. The maximum absolute atomic E-state index is 4.01. The Morgan fingerprint density at radius 1 is 1.40 bits per heavy atom. The van der Waals surface area contributed by atoms with Crippen LogP contribution in [-0.4, -0.2) is 33.6 Å². The standard InChI is InChI=1S/C10H20N4S/c1-3-4-5-6-11-7-8-15-10-13-12-9-14(10)2/h9,11H,3-8H2,1-2H3. The normalized spacial score (nSPS) is 10.8. The van der Waals surface area contributed by atoms with Gasteiger partial charge in [-0.15, -0.1) is 10.2 Å². The fraction of sp³-hybridized carbons (Fsp3) is 0.800. The monoisotopic (exact) mass is 228 g/mol. The summed E-state index contributed by atoms with van der Waals surface area (Å²) in [6.45, 7) is 4.40. The number of aryl methyl sites for hydroxylation is 1. The maximum atomic E-state index is 4.01. The van der Waals surface area contributed by atoms with Gasteiger partial charge in [0.2, 0.25) is 0 Å². The summed E-state index contributed by atoms with van der Waals surface area (Å²) < 4.78 is 1.95. The molecule has 0 aliphatic carbocycles. The van der Waals surface area contributed by atoms with Crippen LogP contribution >= 0.6 is 11.8 Å².